The second kappa shape index (κ2) is 5.29. The lowest BCUT2D eigenvalue weighted by Crippen LogP contribution is -2.07. The summed E-state index contributed by atoms with van der Waals surface area (Å²) in [5.41, 5.74) is 0. The van der Waals surface area contributed by atoms with Crippen molar-refractivity contribution in [3.05, 3.63) is 11.9 Å². The lowest BCUT2D eigenvalue weighted by Gasteiger charge is -1.98. The van der Waals surface area contributed by atoms with E-state index in [1.54, 1.807) is 6.92 Å². The molecule has 0 radical (unpaired) electrons. The smallest absolute Gasteiger partial charge is 0.367 e. The van der Waals surface area contributed by atoms with Gasteiger partial charge in [-0.15, -0.1) is 0 Å². The second-order valence-electron chi connectivity index (χ2n) is 1.97. The van der Waals surface area contributed by atoms with Crippen LogP contribution in [-0.2, 0) is 14.3 Å². The van der Waals surface area contributed by atoms with Gasteiger partial charge in [-0.3, -0.25) is 0 Å². The first kappa shape index (κ1) is 10.6. The Kier molecular flexibility index (Phi) is 4.67. The SMILES string of the molecule is CCCOC(=O)C(F)=CC(=O)O. The van der Waals surface area contributed by atoms with Crippen LogP contribution >= 0.6 is 0 Å². The third kappa shape index (κ3) is 4.43. The van der Waals surface area contributed by atoms with Gasteiger partial charge in [-0.1, -0.05) is 6.92 Å². The predicted octanol–water partition coefficient (Wildman–Crippen LogP) is 0.878. The molecule has 0 heterocycles. The van der Waals surface area contributed by atoms with E-state index in [-0.39, 0.29) is 12.7 Å². The number of rotatable bonds is 4. The van der Waals surface area contributed by atoms with Crippen molar-refractivity contribution in [2.75, 3.05) is 6.61 Å². The fraction of sp³-hybridized carbons (Fsp3) is 0.429. The maximum Gasteiger partial charge on any atom is 0.367 e. The highest BCUT2D eigenvalue weighted by Gasteiger charge is 2.10. The Bertz CT molecular complexity index is 209. The fourth-order valence-electron chi connectivity index (χ4n) is 0.431. The number of hydrogen-bond acceptors (Lipinski definition) is 3. The van der Waals surface area contributed by atoms with Crippen LogP contribution in [0.3, 0.4) is 0 Å². The molecule has 0 aliphatic heterocycles. The summed E-state index contributed by atoms with van der Waals surface area (Å²) in [6.45, 7) is 1.83. The van der Waals surface area contributed by atoms with Crippen molar-refractivity contribution in [3.63, 3.8) is 0 Å². The first-order chi connectivity index (χ1) is 5.57. The van der Waals surface area contributed by atoms with Gasteiger partial charge >= 0.3 is 11.9 Å². The van der Waals surface area contributed by atoms with Crippen LogP contribution in [0.15, 0.2) is 11.9 Å². The number of aliphatic carboxylic acids is 1. The number of carboxylic acid groups (broad SMARTS) is 1. The number of hydrogen-bond donors (Lipinski definition) is 1. The highest BCUT2D eigenvalue weighted by atomic mass is 19.1. The molecule has 68 valence electrons. The summed E-state index contributed by atoms with van der Waals surface area (Å²) in [6.07, 6.45) is 0.726. The summed E-state index contributed by atoms with van der Waals surface area (Å²) < 4.78 is 16.7. The summed E-state index contributed by atoms with van der Waals surface area (Å²) in [4.78, 5) is 20.4. The Morgan fingerprint density at radius 3 is 2.58 bits per heavy atom. The molecule has 0 saturated carbocycles. The van der Waals surface area contributed by atoms with E-state index in [1.165, 1.54) is 0 Å². The molecule has 12 heavy (non-hydrogen) atoms. The third-order valence-corrected chi connectivity index (χ3v) is 0.882. The van der Waals surface area contributed by atoms with E-state index in [1.807, 2.05) is 0 Å². The lowest BCUT2D eigenvalue weighted by molar-refractivity contribution is -0.141. The van der Waals surface area contributed by atoms with E-state index < -0.39 is 17.8 Å². The molecule has 0 unspecified atom stereocenters. The van der Waals surface area contributed by atoms with Crippen LogP contribution in [0.1, 0.15) is 13.3 Å². The average Bonchev–Trinajstić information content (AvgIpc) is 1.98. The van der Waals surface area contributed by atoms with Gasteiger partial charge in [0.1, 0.15) is 0 Å². The molecule has 0 aromatic carbocycles. The number of halogens is 1. The molecule has 4 nitrogen and oxygen atoms in total. The van der Waals surface area contributed by atoms with Gasteiger partial charge in [0, 0.05) is 0 Å². The molecule has 0 saturated heterocycles. The zero-order chi connectivity index (χ0) is 9.56. The zero-order valence-electron chi connectivity index (χ0n) is 6.54. The van der Waals surface area contributed by atoms with Gasteiger partial charge in [0.25, 0.3) is 0 Å². The molecule has 0 aromatic heterocycles. The molecule has 0 amide bonds. The fourth-order valence-corrected chi connectivity index (χ4v) is 0.431. The highest BCUT2D eigenvalue weighted by Crippen LogP contribution is 1.99. The van der Waals surface area contributed by atoms with E-state index >= 15 is 0 Å². The van der Waals surface area contributed by atoms with Crippen LogP contribution in [0.2, 0.25) is 0 Å². The number of ether oxygens (including phenoxy) is 1. The number of carboxylic acids is 1. The largest absolute Gasteiger partial charge is 0.478 e. The number of carbonyl (C=O) groups is 2. The normalized spacial score (nSPS) is 11.0. The first-order valence-corrected chi connectivity index (χ1v) is 3.35. The Morgan fingerprint density at radius 2 is 2.17 bits per heavy atom. The molecular weight excluding hydrogens is 167 g/mol. The summed E-state index contributed by atoms with van der Waals surface area (Å²) in [6, 6.07) is 0. The molecule has 5 heteroatoms. The van der Waals surface area contributed by atoms with Gasteiger partial charge in [-0.25, -0.2) is 9.59 Å². The monoisotopic (exact) mass is 176 g/mol. The van der Waals surface area contributed by atoms with Crippen molar-refractivity contribution in [3.8, 4) is 0 Å². The molecule has 0 aliphatic carbocycles. The maximum absolute atomic E-state index is 12.4. The average molecular weight is 176 g/mol. The molecule has 0 aromatic rings. The Balaban J connectivity index is 4.01. The van der Waals surface area contributed by atoms with Crippen LogP contribution in [0, 0.1) is 0 Å². The Hall–Kier alpha value is -1.39. The summed E-state index contributed by atoms with van der Waals surface area (Å²) in [5, 5.41) is 8.03. The van der Waals surface area contributed by atoms with Crippen LogP contribution in [0.5, 0.6) is 0 Å². The minimum absolute atomic E-state index is 0.0830. The van der Waals surface area contributed by atoms with Gasteiger partial charge in [0.05, 0.1) is 12.7 Å². The molecule has 0 aliphatic rings. The first-order valence-electron chi connectivity index (χ1n) is 3.35. The zero-order valence-corrected chi connectivity index (χ0v) is 6.54. The van der Waals surface area contributed by atoms with E-state index in [4.69, 9.17) is 5.11 Å². The molecule has 0 bridgehead atoms. The van der Waals surface area contributed by atoms with E-state index in [2.05, 4.69) is 4.74 Å². The van der Waals surface area contributed by atoms with Crippen LogP contribution in [0.25, 0.3) is 0 Å². The number of carbonyl (C=O) groups excluding carboxylic acids is 1. The van der Waals surface area contributed by atoms with Gasteiger partial charge in [-0.05, 0) is 6.42 Å². The van der Waals surface area contributed by atoms with Crippen molar-refractivity contribution < 1.29 is 23.8 Å². The molecule has 0 rings (SSSR count). The van der Waals surface area contributed by atoms with Crippen molar-refractivity contribution in [2.45, 2.75) is 13.3 Å². The second-order valence-corrected chi connectivity index (χ2v) is 1.97. The van der Waals surface area contributed by atoms with Crippen molar-refractivity contribution in [1.82, 2.24) is 0 Å². The molecule has 0 fully saturated rings. The Labute approximate surface area is 68.6 Å². The van der Waals surface area contributed by atoms with Crippen LogP contribution < -0.4 is 0 Å². The molecule has 1 N–H and O–H groups in total. The van der Waals surface area contributed by atoms with Gasteiger partial charge < -0.3 is 9.84 Å². The third-order valence-electron chi connectivity index (χ3n) is 0.882. The summed E-state index contributed by atoms with van der Waals surface area (Å²) >= 11 is 0. The maximum atomic E-state index is 12.4. The van der Waals surface area contributed by atoms with Crippen LogP contribution in [-0.4, -0.2) is 23.7 Å². The van der Waals surface area contributed by atoms with Gasteiger partial charge in [0.2, 0.25) is 5.83 Å². The highest BCUT2D eigenvalue weighted by molar-refractivity contribution is 5.93. The van der Waals surface area contributed by atoms with E-state index in [0.29, 0.717) is 6.42 Å². The topological polar surface area (TPSA) is 63.6 Å². The van der Waals surface area contributed by atoms with Crippen molar-refractivity contribution in [2.24, 2.45) is 0 Å². The van der Waals surface area contributed by atoms with Crippen LogP contribution in [0.4, 0.5) is 4.39 Å². The summed E-state index contributed by atoms with van der Waals surface area (Å²) in [5.74, 6) is -4.14. The minimum Gasteiger partial charge on any atom is -0.478 e. The van der Waals surface area contributed by atoms with E-state index in [9.17, 15) is 14.0 Å². The lowest BCUT2D eigenvalue weighted by atomic mass is 10.4. The van der Waals surface area contributed by atoms with Crippen molar-refractivity contribution in [1.29, 1.82) is 0 Å². The molecule has 0 spiro atoms. The predicted molar refractivity (Wildman–Crippen MR) is 38.1 cm³/mol. The molecule has 0 atom stereocenters. The summed E-state index contributed by atoms with van der Waals surface area (Å²) in [7, 11) is 0. The quantitative estimate of drug-likeness (QED) is 0.510. The Morgan fingerprint density at radius 1 is 1.58 bits per heavy atom. The number of esters is 1. The van der Waals surface area contributed by atoms with Gasteiger partial charge in [-0.2, -0.15) is 4.39 Å². The standard InChI is InChI=1S/C7H9FO4/c1-2-3-12-7(11)5(8)4-6(9)10/h4H,2-3H2,1H3,(H,9,10). The van der Waals surface area contributed by atoms with Crippen molar-refractivity contribution >= 4 is 11.9 Å². The minimum atomic E-state index is -1.51. The van der Waals surface area contributed by atoms with Gasteiger partial charge in [0.15, 0.2) is 0 Å². The van der Waals surface area contributed by atoms with E-state index in [0.717, 1.165) is 0 Å². The molecular formula is C7H9FO4.